The third-order valence-corrected chi connectivity index (χ3v) is 4.29. The third-order valence-electron chi connectivity index (χ3n) is 4.29. The normalized spacial score (nSPS) is 14.3. The average Bonchev–Trinajstić information content (AvgIpc) is 3.25. The first-order valence-electron chi connectivity index (χ1n) is 8.37. The lowest BCUT2D eigenvalue weighted by Gasteiger charge is -2.10. The standard InChI is InChI=1S/C19H13F4N3O3/c1-10-8-15-16(29-19(22,23)28-15)9-13(10)11-2-4-12(5-3-11)25-17(27)14-6-7-24-26(14)18(20)21/h2-9,18H,1H3,(H,25,27). The van der Waals surface area contributed by atoms with Gasteiger partial charge in [0, 0.05) is 11.9 Å². The van der Waals surface area contributed by atoms with Gasteiger partial charge in [0.25, 0.3) is 5.91 Å². The van der Waals surface area contributed by atoms with Crippen molar-refractivity contribution >= 4 is 11.6 Å². The Morgan fingerprint density at radius 1 is 1.10 bits per heavy atom. The highest BCUT2D eigenvalue weighted by molar-refractivity contribution is 6.03. The number of amides is 1. The Kier molecular flexibility index (Phi) is 4.40. The number of nitrogens with one attached hydrogen (secondary N) is 1. The Bertz CT molecular complexity index is 1080. The lowest BCUT2D eigenvalue weighted by Crippen LogP contribution is -2.25. The molecule has 4 rings (SSSR count). The van der Waals surface area contributed by atoms with E-state index in [0.717, 1.165) is 6.20 Å². The van der Waals surface area contributed by atoms with Gasteiger partial charge in [0.2, 0.25) is 0 Å². The van der Waals surface area contributed by atoms with Crippen LogP contribution in [0.5, 0.6) is 11.5 Å². The number of hydrogen-bond donors (Lipinski definition) is 1. The van der Waals surface area contributed by atoms with Crippen molar-refractivity contribution in [3.05, 3.63) is 59.9 Å². The molecule has 29 heavy (non-hydrogen) atoms. The van der Waals surface area contributed by atoms with Crippen LogP contribution in [0.1, 0.15) is 22.6 Å². The topological polar surface area (TPSA) is 65.4 Å². The van der Waals surface area contributed by atoms with Crippen LogP contribution in [-0.4, -0.2) is 22.0 Å². The number of carbonyl (C=O) groups is 1. The van der Waals surface area contributed by atoms with Gasteiger partial charge in [0.1, 0.15) is 5.69 Å². The van der Waals surface area contributed by atoms with Crippen LogP contribution in [0.3, 0.4) is 0 Å². The molecule has 1 aromatic heterocycles. The largest absolute Gasteiger partial charge is 0.586 e. The summed E-state index contributed by atoms with van der Waals surface area (Å²) in [6.07, 6.45) is -2.59. The number of fused-ring (bicyclic) bond motifs is 1. The molecule has 150 valence electrons. The van der Waals surface area contributed by atoms with Gasteiger partial charge in [-0.25, -0.2) is 0 Å². The predicted octanol–water partition coefficient (Wildman–Crippen LogP) is 4.83. The lowest BCUT2D eigenvalue weighted by molar-refractivity contribution is -0.286. The highest BCUT2D eigenvalue weighted by Crippen LogP contribution is 2.44. The first kappa shape index (κ1) is 18.8. The smallest absolute Gasteiger partial charge is 0.395 e. The van der Waals surface area contributed by atoms with Crippen LogP contribution >= 0.6 is 0 Å². The second-order valence-electron chi connectivity index (χ2n) is 6.25. The molecule has 2 aromatic carbocycles. The maximum absolute atomic E-state index is 13.2. The van der Waals surface area contributed by atoms with Gasteiger partial charge in [0.15, 0.2) is 11.5 Å². The molecule has 6 nitrogen and oxygen atoms in total. The van der Waals surface area contributed by atoms with Crippen molar-refractivity contribution in [2.75, 3.05) is 5.32 Å². The van der Waals surface area contributed by atoms with E-state index in [9.17, 15) is 22.4 Å². The molecule has 2 heterocycles. The molecule has 0 saturated carbocycles. The van der Waals surface area contributed by atoms with Gasteiger partial charge in [0.05, 0.1) is 0 Å². The van der Waals surface area contributed by atoms with Gasteiger partial charge in [-0.15, -0.1) is 8.78 Å². The third kappa shape index (κ3) is 3.60. The van der Waals surface area contributed by atoms with Crippen LogP contribution < -0.4 is 14.8 Å². The van der Waals surface area contributed by atoms with Gasteiger partial charge < -0.3 is 14.8 Å². The fourth-order valence-electron chi connectivity index (χ4n) is 2.99. The van der Waals surface area contributed by atoms with Crippen molar-refractivity contribution in [2.45, 2.75) is 19.8 Å². The molecule has 1 N–H and O–H groups in total. The van der Waals surface area contributed by atoms with Crippen LogP contribution in [0.4, 0.5) is 23.2 Å². The summed E-state index contributed by atoms with van der Waals surface area (Å²) in [5.74, 6) is -0.860. The van der Waals surface area contributed by atoms with E-state index in [0.29, 0.717) is 27.1 Å². The Balaban J connectivity index is 1.55. The van der Waals surface area contributed by atoms with E-state index in [-0.39, 0.29) is 17.2 Å². The second kappa shape index (κ2) is 6.80. The molecular weight excluding hydrogens is 394 g/mol. The number of rotatable bonds is 4. The number of nitrogens with zero attached hydrogens (tertiary/aromatic N) is 2. The van der Waals surface area contributed by atoms with Crippen molar-refractivity contribution in [1.29, 1.82) is 0 Å². The van der Waals surface area contributed by atoms with Crippen LogP contribution in [-0.2, 0) is 0 Å². The molecule has 0 radical (unpaired) electrons. The summed E-state index contributed by atoms with van der Waals surface area (Å²) in [4.78, 5) is 12.2. The number of hydrogen-bond acceptors (Lipinski definition) is 4. The molecule has 1 aliphatic rings. The zero-order chi connectivity index (χ0) is 20.8. The van der Waals surface area contributed by atoms with E-state index in [2.05, 4.69) is 19.9 Å². The van der Waals surface area contributed by atoms with Gasteiger partial charge in [-0.1, -0.05) is 12.1 Å². The molecule has 0 unspecified atom stereocenters. The average molecular weight is 407 g/mol. The monoisotopic (exact) mass is 407 g/mol. The van der Waals surface area contributed by atoms with Crippen molar-refractivity contribution < 1.29 is 31.8 Å². The Morgan fingerprint density at radius 2 is 1.76 bits per heavy atom. The molecule has 1 aliphatic heterocycles. The SMILES string of the molecule is Cc1cc2c(cc1-c1ccc(NC(=O)c3ccnn3C(F)F)cc1)OC(F)(F)O2. The molecule has 0 fully saturated rings. The molecule has 10 heteroatoms. The fraction of sp³-hybridized carbons (Fsp3) is 0.158. The summed E-state index contributed by atoms with van der Waals surface area (Å²) in [5.41, 5.74) is 2.09. The number of ether oxygens (including phenoxy) is 2. The van der Waals surface area contributed by atoms with Crippen molar-refractivity contribution in [2.24, 2.45) is 0 Å². The van der Waals surface area contributed by atoms with E-state index >= 15 is 0 Å². The maximum Gasteiger partial charge on any atom is 0.586 e. The summed E-state index contributed by atoms with van der Waals surface area (Å²) in [6, 6.07) is 10.5. The van der Waals surface area contributed by atoms with Gasteiger partial charge in [-0.05, 0) is 53.9 Å². The number of carbonyl (C=O) groups excluding carboxylic acids is 1. The number of aromatic nitrogens is 2. The molecule has 0 aliphatic carbocycles. The fourth-order valence-corrected chi connectivity index (χ4v) is 2.99. The van der Waals surface area contributed by atoms with Crippen LogP contribution in [0, 0.1) is 6.92 Å². The van der Waals surface area contributed by atoms with Crippen molar-refractivity contribution in [1.82, 2.24) is 9.78 Å². The minimum atomic E-state index is -3.70. The number of aryl methyl sites for hydroxylation is 1. The number of halogens is 4. The van der Waals surface area contributed by atoms with E-state index < -0.39 is 18.8 Å². The zero-order valence-corrected chi connectivity index (χ0v) is 14.8. The maximum atomic E-state index is 13.2. The first-order chi connectivity index (χ1) is 13.7. The number of benzene rings is 2. The minimum absolute atomic E-state index is 0.0456. The second-order valence-corrected chi connectivity index (χ2v) is 6.25. The van der Waals surface area contributed by atoms with Crippen LogP contribution in [0.25, 0.3) is 11.1 Å². The summed E-state index contributed by atoms with van der Waals surface area (Å²) in [5, 5.41) is 5.92. The molecule has 0 saturated heterocycles. The zero-order valence-electron chi connectivity index (χ0n) is 14.8. The number of anilines is 1. The Morgan fingerprint density at radius 3 is 2.41 bits per heavy atom. The molecular formula is C19H13F4N3O3. The van der Waals surface area contributed by atoms with Gasteiger partial charge in [-0.3, -0.25) is 4.79 Å². The predicted molar refractivity (Wildman–Crippen MR) is 94.3 cm³/mol. The van der Waals surface area contributed by atoms with Crippen LogP contribution in [0.15, 0.2) is 48.7 Å². The highest BCUT2D eigenvalue weighted by atomic mass is 19.3. The minimum Gasteiger partial charge on any atom is -0.395 e. The Labute approximate surface area is 161 Å². The first-order valence-corrected chi connectivity index (χ1v) is 8.37. The van der Waals surface area contributed by atoms with Gasteiger partial charge in [-0.2, -0.15) is 18.6 Å². The van der Waals surface area contributed by atoms with Crippen LogP contribution in [0.2, 0.25) is 0 Å². The molecule has 0 bridgehead atoms. The van der Waals surface area contributed by atoms with Gasteiger partial charge >= 0.3 is 12.8 Å². The molecule has 0 spiro atoms. The van der Waals surface area contributed by atoms with Crippen molar-refractivity contribution in [3.63, 3.8) is 0 Å². The summed E-state index contributed by atoms with van der Waals surface area (Å²) < 4.78 is 61.4. The lowest BCUT2D eigenvalue weighted by atomic mass is 9.99. The van der Waals surface area contributed by atoms with E-state index in [1.165, 1.54) is 18.2 Å². The Hall–Kier alpha value is -3.56. The van der Waals surface area contributed by atoms with E-state index in [1.54, 1.807) is 31.2 Å². The van der Waals surface area contributed by atoms with E-state index in [1.807, 2.05) is 0 Å². The summed E-state index contributed by atoms with van der Waals surface area (Å²) in [6.45, 7) is -1.20. The molecule has 0 atom stereocenters. The van der Waals surface area contributed by atoms with E-state index in [4.69, 9.17) is 0 Å². The summed E-state index contributed by atoms with van der Waals surface area (Å²) in [7, 11) is 0. The summed E-state index contributed by atoms with van der Waals surface area (Å²) >= 11 is 0. The molecule has 1 amide bonds. The highest BCUT2D eigenvalue weighted by Gasteiger charge is 2.43. The molecule has 3 aromatic rings. The van der Waals surface area contributed by atoms with Crippen molar-refractivity contribution in [3.8, 4) is 22.6 Å². The number of alkyl halides is 4. The quantitative estimate of drug-likeness (QED) is 0.630.